The van der Waals surface area contributed by atoms with Gasteiger partial charge in [-0.3, -0.25) is 4.90 Å². The number of rotatable bonds is 2. The van der Waals surface area contributed by atoms with Crippen molar-refractivity contribution in [2.45, 2.75) is 51.2 Å². The first-order valence-corrected chi connectivity index (χ1v) is 6.58. The molecule has 0 saturated carbocycles. The lowest BCUT2D eigenvalue weighted by Crippen LogP contribution is -2.54. The summed E-state index contributed by atoms with van der Waals surface area (Å²) in [6, 6.07) is 11.5. The lowest BCUT2D eigenvalue weighted by atomic mass is 9.86. The van der Waals surface area contributed by atoms with Crippen LogP contribution < -0.4 is 5.73 Å². The molecule has 94 valence electrons. The maximum Gasteiger partial charge on any atom is 0.0325 e. The third-order valence-electron chi connectivity index (χ3n) is 4.09. The van der Waals surface area contributed by atoms with Crippen LogP contribution in [0.1, 0.15) is 45.2 Å². The van der Waals surface area contributed by atoms with Gasteiger partial charge in [-0.2, -0.15) is 0 Å². The molecule has 1 heterocycles. The van der Waals surface area contributed by atoms with Gasteiger partial charge < -0.3 is 5.73 Å². The van der Waals surface area contributed by atoms with Crippen molar-refractivity contribution in [3.8, 4) is 0 Å². The number of benzene rings is 1. The third-order valence-corrected chi connectivity index (χ3v) is 4.09. The second kappa shape index (κ2) is 4.79. The van der Waals surface area contributed by atoms with Gasteiger partial charge in [-0.05, 0) is 39.2 Å². The summed E-state index contributed by atoms with van der Waals surface area (Å²) in [5, 5.41) is 0. The summed E-state index contributed by atoms with van der Waals surface area (Å²) in [6.07, 6.45) is 2.33. The second-order valence-electron chi connectivity index (χ2n) is 5.85. The van der Waals surface area contributed by atoms with Gasteiger partial charge in [-0.25, -0.2) is 0 Å². The molecule has 1 aliphatic rings. The van der Waals surface area contributed by atoms with Crippen LogP contribution in [0.15, 0.2) is 30.3 Å². The smallest absolute Gasteiger partial charge is 0.0325 e. The van der Waals surface area contributed by atoms with Crippen molar-refractivity contribution in [2.24, 2.45) is 5.73 Å². The Morgan fingerprint density at radius 2 is 1.94 bits per heavy atom. The molecule has 0 amide bonds. The first-order chi connectivity index (χ1) is 8.00. The van der Waals surface area contributed by atoms with Crippen LogP contribution in [0.3, 0.4) is 0 Å². The van der Waals surface area contributed by atoms with Crippen molar-refractivity contribution in [1.29, 1.82) is 0 Å². The molecule has 1 aromatic rings. The van der Waals surface area contributed by atoms with Crippen molar-refractivity contribution in [2.75, 3.05) is 6.54 Å². The summed E-state index contributed by atoms with van der Waals surface area (Å²) < 4.78 is 0. The molecule has 1 aromatic carbocycles. The summed E-state index contributed by atoms with van der Waals surface area (Å²) in [5.74, 6) is 0. The highest BCUT2D eigenvalue weighted by Gasteiger charge is 2.35. The Balaban J connectivity index is 2.20. The minimum Gasteiger partial charge on any atom is -0.327 e. The summed E-state index contributed by atoms with van der Waals surface area (Å²) in [7, 11) is 0. The van der Waals surface area contributed by atoms with Crippen molar-refractivity contribution in [1.82, 2.24) is 4.90 Å². The van der Waals surface area contributed by atoms with E-state index in [9.17, 15) is 0 Å². The van der Waals surface area contributed by atoms with Crippen LogP contribution in [0.5, 0.6) is 0 Å². The van der Waals surface area contributed by atoms with Gasteiger partial charge in [-0.1, -0.05) is 30.3 Å². The number of piperidine rings is 1. The highest BCUT2D eigenvalue weighted by molar-refractivity contribution is 5.19. The van der Waals surface area contributed by atoms with E-state index in [1.165, 1.54) is 12.0 Å². The van der Waals surface area contributed by atoms with E-state index < -0.39 is 0 Å². The largest absolute Gasteiger partial charge is 0.327 e. The Hall–Kier alpha value is -0.860. The van der Waals surface area contributed by atoms with Crippen molar-refractivity contribution in [3.63, 3.8) is 0 Å². The standard InChI is InChI=1S/C15H24N2/c1-12(13-7-5-4-6-8-13)17-11-14(16)9-10-15(17,2)3/h4-8,12,14H,9-11,16H2,1-3H3. The zero-order valence-corrected chi connectivity index (χ0v) is 11.2. The molecule has 2 N–H and O–H groups in total. The molecule has 17 heavy (non-hydrogen) atoms. The highest BCUT2D eigenvalue weighted by atomic mass is 15.2. The number of hydrogen-bond acceptors (Lipinski definition) is 2. The molecule has 0 spiro atoms. The molecule has 2 atom stereocenters. The molecule has 0 aliphatic carbocycles. The lowest BCUT2D eigenvalue weighted by molar-refractivity contribution is 0.0301. The molecular weight excluding hydrogens is 208 g/mol. The van der Waals surface area contributed by atoms with Crippen LogP contribution >= 0.6 is 0 Å². The molecule has 0 aromatic heterocycles. The van der Waals surface area contributed by atoms with E-state index in [1.54, 1.807) is 0 Å². The first kappa shape index (κ1) is 12.6. The van der Waals surface area contributed by atoms with Crippen LogP contribution in [0.2, 0.25) is 0 Å². The summed E-state index contributed by atoms with van der Waals surface area (Å²) in [4.78, 5) is 2.55. The van der Waals surface area contributed by atoms with E-state index in [-0.39, 0.29) is 5.54 Å². The maximum absolute atomic E-state index is 6.12. The zero-order chi connectivity index (χ0) is 12.5. The Morgan fingerprint density at radius 3 is 2.59 bits per heavy atom. The van der Waals surface area contributed by atoms with E-state index in [0.29, 0.717) is 12.1 Å². The number of hydrogen-bond donors (Lipinski definition) is 1. The van der Waals surface area contributed by atoms with Gasteiger partial charge in [0.15, 0.2) is 0 Å². The number of nitrogens with zero attached hydrogens (tertiary/aromatic N) is 1. The van der Waals surface area contributed by atoms with Gasteiger partial charge in [0.1, 0.15) is 0 Å². The van der Waals surface area contributed by atoms with E-state index in [1.807, 2.05) is 0 Å². The molecule has 1 fully saturated rings. The van der Waals surface area contributed by atoms with Crippen molar-refractivity contribution < 1.29 is 0 Å². The van der Waals surface area contributed by atoms with E-state index in [0.717, 1.165) is 13.0 Å². The fraction of sp³-hybridized carbons (Fsp3) is 0.600. The monoisotopic (exact) mass is 232 g/mol. The molecule has 0 bridgehead atoms. The van der Waals surface area contributed by atoms with Crippen LogP contribution in [0.4, 0.5) is 0 Å². The van der Waals surface area contributed by atoms with Gasteiger partial charge >= 0.3 is 0 Å². The predicted octanol–water partition coefficient (Wildman–Crippen LogP) is 2.95. The van der Waals surface area contributed by atoms with Gasteiger partial charge in [0, 0.05) is 24.2 Å². The molecule has 1 saturated heterocycles. The molecule has 2 nitrogen and oxygen atoms in total. The Bertz CT molecular complexity index is 358. The maximum atomic E-state index is 6.12. The van der Waals surface area contributed by atoms with Crippen molar-refractivity contribution >= 4 is 0 Å². The molecule has 2 heteroatoms. The average Bonchev–Trinajstić information content (AvgIpc) is 2.33. The van der Waals surface area contributed by atoms with Gasteiger partial charge in [0.05, 0.1) is 0 Å². The van der Waals surface area contributed by atoms with Crippen LogP contribution in [-0.4, -0.2) is 23.0 Å². The minimum atomic E-state index is 0.255. The minimum absolute atomic E-state index is 0.255. The Morgan fingerprint density at radius 1 is 1.29 bits per heavy atom. The van der Waals surface area contributed by atoms with E-state index in [4.69, 9.17) is 5.73 Å². The first-order valence-electron chi connectivity index (χ1n) is 6.58. The normalized spacial score (nSPS) is 26.7. The predicted molar refractivity (Wildman–Crippen MR) is 72.9 cm³/mol. The fourth-order valence-corrected chi connectivity index (χ4v) is 2.87. The summed E-state index contributed by atoms with van der Waals surface area (Å²) in [6.45, 7) is 7.95. The van der Waals surface area contributed by atoms with Crippen molar-refractivity contribution in [3.05, 3.63) is 35.9 Å². The molecule has 2 unspecified atom stereocenters. The number of likely N-dealkylation sites (tertiary alicyclic amines) is 1. The molecule has 2 rings (SSSR count). The summed E-state index contributed by atoms with van der Waals surface area (Å²) >= 11 is 0. The van der Waals surface area contributed by atoms with Crippen LogP contribution in [0, 0.1) is 0 Å². The zero-order valence-electron chi connectivity index (χ0n) is 11.2. The second-order valence-corrected chi connectivity index (χ2v) is 5.85. The third kappa shape index (κ3) is 2.70. The fourth-order valence-electron chi connectivity index (χ4n) is 2.87. The molecular formula is C15H24N2. The number of nitrogens with two attached hydrogens (primary N) is 1. The van der Waals surface area contributed by atoms with E-state index >= 15 is 0 Å². The van der Waals surface area contributed by atoms with Gasteiger partial charge in [0.2, 0.25) is 0 Å². The van der Waals surface area contributed by atoms with Crippen LogP contribution in [-0.2, 0) is 0 Å². The lowest BCUT2D eigenvalue weighted by Gasteiger charge is -2.48. The Kier molecular flexibility index (Phi) is 3.55. The van der Waals surface area contributed by atoms with Crippen LogP contribution in [0.25, 0.3) is 0 Å². The average molecular weight is 232 g/mol. The molecule has 1 aliphatic heterocycles. The Labute approximate surface area is 105 Å². The van der Waals surface area contributed by atoms with Gasteiger partial charge in [-0.15, -0.1) is 0 Å². The molecule has 0 radical (unpaired) electrons. The van der Waals surface area contributed by atoms with Gasteiger partial charge in [0.25, 0.3) is 0 Å². The topological polar surface area (TPSA) is 29.3 Å². The highest BCUT2D eigenvalue weighted by Crippen LogP contribution is 2.34. The summed E-state index contributed by atoms with van der Waals surface area (Å²) in [5.41, 5.74) is 7.76. The quantitative estimate of drug-likeness (QED) is 0.849. The van der Waals surface area contributed by atoms with E-state index in [2.05, 4.69) is 56.0 Å². The SMILES string of the molecule is CC(c1ccccc1)N1CC(N)CCC1(C)C.